The summed E-state index contributed by atoms with van der Waals surface area (Å²) in [6.07, 6.45) is 0. The molecular weight excluding hydrogens is 338 g/mol. The van der Waals surface area contributed by atoms with E-state index in [1.54, 1.807) is 29.0 Å². The summed E-state index contributed by atoms with van der Waals surface area (Å²) in [5.74, 6) is -1.51. The molecule has 1 heterocycles. The molecule has 0 radical (unpaired) electrons. The predicted molar refractivity (Wildman–Crippen MR) is 86.8 cm³/mol. The number of carboxylic acid groups (broad SMARTS) is 1. The van der Waals surface area contributed by atoms with E-state index in [1.165, 1.54) is 23.5 Å². The van der Waals surface area contributed by atoms with Crippen LogP contribution in [0.25, 0.3) is 0 Å². The van der Waals surface area contributed by atoms with E-state index >= 15 is 0 Å². The van der Waals surface area contributed by atoms with Gasteiger partial charge in [-0.15, -0.1) is 0 Å². The van der Waals surface area contributed by atoms with Crippen molar-refractivity contribution in [2.75, 3.05) is 0 Å². The van der Waals surface area contributed by atoms with E-state index in [2.05, 4.69) is 4.72 Å². The van der Waals surface area contributed by atoms with Crippen LogP contribution in [0.2, 0.25) is 0 Å². The summed E-state index contributed by atoms with van der Waals surface area (Å²) in [6, 6.07) is 6.41. The zero-order valence-electron chi connectivity index (χ0n) is 12.6. The molecule has 23 heavy (non-hydrogen) atoms. The average molecular weight is 355 g/mol. The Morgan fingerprint density at radius 1 is 1.26 bits per heavy atom. The lowest BCUT2D eigenvalue weighted by Gasteiger charge is -2.29. The van der Waals surface area contributed by atoms with Crippen LogP contribution in [0.5, 0.6) is 0 Å². The molecular formula is C15H17NO5S2. The number of hydrogen-bond acceptors (Lipinski definition) is 5. The molecule has 2 atom stereocenters. The lowest BCUT2D eigenvalue weighted by Crippen LogP contribution is -2.49. The van der Waals surface area contributed by atoms with Crippen molar-refractivity contribution in [3.8, 4) is 0 Å². The molecule has 1 aromatic heterocycles. The van der Waals surface area contributed by atoms with E-state index < -0.39 is 27.6 Å². The summed E-state index contributed by atoms with van der Waals surface area (Å²) in [5, 5.41) is 22.8. The fourth-order valence-corrected chi connectivity index (χ4v) is 4.00. The second-order valence-electron chi connectivity index (χ2n) is 5.38. The van der Waals surface area contributed by atoms with Gasteiger partial charge in [0.15, 0.2) is 5.60 Å². The van der Waals surface area contributed by atoms with Crippen LogP contribution in [0, 0.1) is 6.92 Å². The van der Waals surface area contributed by atoms with E-state index in [9.17, 15) is 23.4 Å². The number of aliphatic carboxylic acids is 1. The van der Waals surface area contributed by atoms with Crippen LogP contribution in [-0.2, 0) is 14.8 Å². The van der Waals surface area contributed by atoms with Gasteiger partial charge in [0.05, 0.1) is 10.9 Å². The molecule has 0 amide bonds. The number of nitrogens with one attached hydrogen (secondary N) is 1. The van der Waals surface area contributed by atoms with Crippen molar-refractivity contribution < 1.29 is 23.4 Å². The zero-order valence-corrected chi connectivity index (χ0v) is 14.2. The summed E-state index contributed by atoms with van der Waals surface area (Å²) in [5.41, 5.74) is -1.01. The summed E-state index contributed by atoms with van der Waals surface area (Å²) < 4.78 is 27.3. The molecule has 0 aliphatic carbocycles. The molecule has 0 saturated heterocycles. The molecule has 0 spiro atoms. The number of aliphatic hydroxyl groups is 1. The first-order chi connectivity index (χ1) is 10.6. The van der Waals surface area contributed by atoms with E-state index in [-0.39, 0.29) is 4.90 Å². The van der Waals surface area contributed by atoms with Crippen molar-refractivity contribution in [1.82, 2.24) is 4.72 Å². The van der Waals surface area contributed by atoms with Crippen LogP contribution in [-0.4, -0.2) is 30.2 Å². The third kappa shape index (κ3) is 3.78. The lowest BCUT2D eigenvalue weighted by atomic mass is 9.93. The maximum absolute atomic E-state index is 12.5. The molecule has 124 valence electrons. The highest BCUT2D eigenvalue weighted by molar-refractivity contribution is 7.89. The van der Waals surface area contributed by atoms with Crippen molar-refractivity contribution in [3.63, 3.8) is 0 Å². The van der Waals surface area contributed by atoms with E-state index in [0.717, 1.165) is 12.5 Å². The molecule has 2 aromatic rings. The zero-order chi connectivity index (χ0) is 17.3. The second-order valence-corrected chi connectivity index (χ2v) is 7.87. The monoisotopic (exact) mass is 355 g/mol. The molecule has 0 aliphatic heterocycles. The van der Waals surface area contributed by atoms with Gasteiger partial charge in [0.2, 0.25) is 10.0 Å². The number of hydrogen-bond donors (Lipinski definition) is 3. The molecule has 2 unspecified atom stereocenters. The van der Waals surface area contributed by atoms with E-state index in [0.29, 0.717) is 5.56 Å². The Hall–Kier alpha value is -1.74. The smallest absolute Gasteiger partial charge is 0.337 e. The predicted octanol–water partition coefficient (Wildman–Crippen LogP) is 1.91. The number of benzene rings is 1. The molecule has 0 saturated carbocycles. The van der Waals surface area contributed by atoms with Crippen LogP contribution in [0.3, 0.4) is 0 Å². The fraction of sp³-hybridized carbons (Fsp3) is 0.267. The summed E-state index contributed by atoms with van der Waals surface area (Å²) >= 11 is 1.28. The molecule has 0 bridgehead atoms. The largest absolute Gasteiger partial charge is 0.479 e. The quantitative estimate of drug-likeness (QED) is 0.734. The SMILES string of the molecule is Cc1ccc(S(=O)(=O)NC(c2ccsc2)C(C)(O)C(=O)O)cc1. The van der Waals surface area contributed by atoms with Crippen molar-refractivity contribution in [1.29, 1.82) is 0 Å². The van der Waals surface area contributed by atoms with Gasteiger partial charge in [-0.25, -0.2) is 17.9 Å². The van der Waals surface area contributed by atoms with Gasteiger partial charge in [0, 0.05) is 0 Å². The minimum absolute atomic E-state index is 0.00418. The van der Waals surface area contributed by atoms with Gasteiger partial charge in [0.25, 0.3) is 0 Å². The Morgan fingerprint density at radius 3 is 2.35 bits per heavy atom. The number of aryl methyl sites for hydroxylation is 1. The van der Waals surface area contributed by atoms with Gasteiger partial charge in [-0.3, -0.25) is 0 Å². The molecule has 0 fully saturated rings. The number of thiophene rings is 1. The summed E-state index contributed by atoms with van der Waals surface area (Å²) in [7, 11) is -3.99. The highest BCUT2D eigenvalue weighted by Crippen LogP contribution is 2.29. The Kier molecular flexibility index (Phi) is 4.90. The Bertz CT molecular complexity index is 780. The number of carbonyl (C=O) groups is 1. The topological polar surface area (TPSA) is 104 Å². The van der Waals surface area contributed by atoms with Crippen molar-refractivity contribution >= 4 is 27.3 Å². The summed E-state index contributed by atoms with van der Waals surface area (Å²) in [6.45, 7) is 2.89. The summed E-state index contributed by atoms with van der Waals surface area (Å²) in [4.78, 5) is 11.3. The first-order valence-electron chi connectivity index (χ1n) is 6.71. The second kappa shape index (κ2) is 6.40. The number of rotatable bonds is 6. The van der Waals surface area contributed by atoms with Crippen molar-refractivity contribution in [2.24, 2.45) is 0 Å². The standard InChI is InChI=1S/C15H17NO5S2/c1-10-3-5-12(6-4-10)23(20,21)16-13(11-7-8-22-9-11)15(2,19)14(17)18/h3-9,13,16,19H,1-2H3,(H,17,18). The van der Waals surface area contributed by atoms with Crippen LogP contribution in [0.15, 0.2) is 46.0 Å². The maximum atomic E-state index is 12.5. The highest BCUT2D eigenvalue weighted by Gasteiger charge is 2.43. The van der Waals surface area contributed by atoms with E-state index in [1.807, 2.05) is 6.92 Å². The van der Waals surface area contributed by atoms with Gasteiger partial charge in [-0.05, 0) is 48.4 Å². The van der Waals surface area contributed by atoms with Gasteiger partial charge < -0.3 is 10.2 Å². The third-order valence-corrected chi connectivity index (χ3v) is 5.62. The minimum Gasteiger partial charge on any atom is -0.479 e. The van der Waals surface area contributed by atoms with E-state index in [4.69, 9.17) is 0 Å². The van der Waals surface area contributed by atoms with Gasteiger partial charge in [0.1, 0.15) is 0 Å². The molecule has 2 rings (SSSR count). The Labute approximate surface area is 138 Å². The fourth-order valence-electron chi connectivity index (χ4n) is 2.01. The molecule has 8 heteroatoms. The van der Waals surface area contributed by atoms with Gasteiger partial charge in [-0.1, -0.05) is 17.7 Å². The lowest BCUT2D eigenvalue weighted by molar-refractivity contribution is -0.159. The van der Waals surface area contributed by atoms with Crippen LogP contribution in [0.1, 0.15) is 24.1 Å². The van der Waals surface area contributed by atoms with Crippen molar-refractivity contribution in [2.45, 2.75) is 30.4 Å². The normalized spacial score (nSPS) is 15.8. The Morgan fingerprint density at radius 2 is 1.87 bits per heavy atom. The first-order valence-corrected chi connectivity index (χ1v) is 9.14. The number of carboxylic acids is 1. The first kappa shape index (κ1) is 17.6. The van der Waals surface area contributed by atoms with Gasteiger partial charge in [-0.2, -0.15) is 11.3 Å². The Balaban J connectivity index is 2.42. The minimum atomic E-state index is -3.99. The van der Waals surface area contributed by atoms with Crippen molar-refractivity contribution in [3.05, 3.63) is 52.2 Å². The molecule has 6 nitrogen and oxygen atoms in total. The highest BCUT2D eigenvalue weighted by atomic mass is 32.2. The third-order valence-electron chi connectivity index (χ3n) is 3.48. The maximum Gasteiger partial charge on any atom is 0.337 e. The molecule has 0 aliphatic rings. The molecule has 3 N–H and O–H groups in total. The van der Waals surface area contributed by atoms with Crippen LogP contribution in [0.4, 0.5) is 0 Å². The molecule has 1 aromatic carbocycles. The van der Waals surface area contributed by atoms with Crippen LogP contribution >= 0.6 is 11.3 Å². The number of sulfonamides is 1. The average Bonchev–Trinajstić information content (AvgIpc) is 2.98. The van der Waals surface area contributed by atoms with Gasteiger partial charge >= 0.3 is 5.97 Å². The van der Waals surface area contributed by atoms with Crippen LogP contribution < -0.4 is 4.72 Å².